The molecule has 0 aliphatic heterocycles. The van der Waals surface area contributed by atoms with E-state index >= 15 is 0 Å². The molecule has 11 aromatic rings. The molecule has 11 rings (SSSR count). The van der Waals surface area contributed by atoms with Crippen LogP contribution in [0.4, 0.5) is 17.1 Å². The Morgan fingerprint density at radius 1 is 0.364 bits per heavy atom. The molecule has 0 saturated heterocycles. The number of hydrogen-bond acceptors (Lipinski definition) is 3. The first kappa shape index (κ1) is 31.6. The van der Waals surface area contributed by atoms with Gasteiger partial charge in [-0.25, -0.2) is 0 Å². The molecule has 0 radical (unpaired) electrons. The summed E-state index contributed by atoms with van der Waals surface area (Å²) in [7, 11) is 0. The summed E-state index contributed by atoms with van der Waals surface area (Å²) in [5, 5.41) is 7.34. The predicted octanol–water partition coefficient (Wildman–Crippen LogP) is 15.6. The lowest BCUT2D eigenvalue weighted by molar-refractivity contribution is 0.669. The van der Waals surface area contributed by atoms with E-state index < -0.39 is 0 Å². The molecule has 0 aliphatic carbocycles. The van der Waals surface area contributed by atoms with Gasteiger partial charge in [-0.1, -0.05) is 140 Å². The van der Waals surface area contributed by atoms with Crippen LogP contribution in [0.2, 0.25) is 0 Å². The quantitative estimate of drug-likeness (QED) is 0.170. The molecule has 0 saturated carbocycles. The second-order valence-corrected chi connectivity index (χ2v) is 15.1. The fourth-order valence-corrected chi connectivity index (χ4v) is 9.48. The Balaban J connectivity index is 1.13. The summed E-state index contributed by atoms with van der Waals surface area (Å²) in [5.74, 6) is 0. The van der Waals surface area contributed by atoms with E-state index in [1.807, 2.05) is 23.5 Å². The molecule has 0 unspecified atom stereocenters. The van der Waals surface area contributed by atoms with Crippen molar-refractivity contribution in [3.05, 3.63) is 200 Å². The van der Waals surface area contributed by atoms with E-state index in [0.717, 1.165) is 50.1 Å². The normalized spacial score (nSPS) is 11.6. The monoisotopic (exact) mass is 719 g/mol. The van der Waals surface area contributed by atoms with Gasteiger partial charge in [-0.3, -0.25) is 0 Å². The SMILES string of the molecule is c1cc(-c2cccc3ccccc23)cc(N(c2cccc(-c3cccc4sc5ccccc5c34)c2)c2ccccc2-c2ccc3c(c2)oc2ccccc23)c1. The van der Waals surface area contributed by atoms with Gasteiger partial charge in [0.05, 0.1) is 5.69 Å². The van der Waals surface area contributed by atoms with Gasteiger partial charge in [0.1, 0.15) is 11.2 Å². The van der Waals surface area contributed by atoms with Crippen molar-refractivity contribution in [1.82, 2.24) is 0 Å². The molecule has 2 heterocycles. The number of thiophene rings is 1. The van der Waals surface area contributed by atoms with E-state index in [1.54, 1.807) is 0 Å². The van der Waals surface area contributed by atoms with Crippen LogP contribution in [0, 0.1) is 0 Å². The number of rotatable bonds is 6. The zero-order valence-electron chi connectivity index (χ0n) is 29.8. The molecule has 0 fully saturated rings. The second-order valence-electron chi connectivity index (χ2n) is 14.1. The summed E-state index contributed by atoms with van der Waals surface area (Å²) in [5.41, 5.74) is 12.1. The Labute approximate surface area is 322 Å². The van der Waals surface area contributed by atoms with Crippen molar-refractivity contribution in [3.63, 3.8) is 0 Å². The molecule has 9 aromatic carbocycles. The Hall–Kier alpha value is -6.94. The van der Waals surface area contributed by atoms with Crippen LogP contribution < -0.4 is 4.90 Å². The Bertz CT molecular complexity index is 3240. The highest BCUT2D eigenvalue weighted by molar-refractivity contribution is 7.25. The fraction of sp³-hybridized carbons (Fsp3) is 0. The van der Waals surface area contributed by atoms with Crippen molar-refractivity contribution in [2.75, 3.05) is 4.90 Å². The van der Waals surface area contributed by atoms with Crippen molar-refractivity contribution in [1.29, 1.82) is 0 Å². The van der Waals surface area contributed by atoms with Gasteiger partial charge in [-0.2, -0.15) is 0 Å². The molecule has 0 spiro atoms. The minimum Gasteiger partial charge on any atom is -0.456 e. The molecule has 0 bridgehead atoms. The fourth-order valence-electron chi connectivity index (χ4n) is 8.35. The van der Waals surface area contributed by atoms with Crippen LogP contribution in [-0.2, 0) is 0 Å². The first-order chi connectivity index (χ1) is 27.3. The van der Waals surface area contributed by atoms with E-state index in [-0.39, 0.29) is 0 Å². The van der Waals surface area contributed by atoms with Crippen LogP contribution in [0.25, 0.3) is 86.3 Å². The van der Waals surface area contributed by atoms with E-state index in [4.69, 9.17) is 4.42 Å². The highest BCUT2D eigenvalue weighted by Crippen LogP contribution is 2.46. The second kappa shape index (κ2) is 12.9. The number of fused-ring (bicyclic) bond motifs is 7. The lowest BCUT2D eigenvalue weighted by Gasteiger charge is -2.29. The van der Waals surface area contributed by atoms with Crippen LogP contribution >= 0.6 is 11.3 Å². The summed E-state index contributed by atoms with van der Waals surface area (Å²) in [4.78, 5) is 2.42. The highest BCUT2D eigenvalue weighted by atomic mass is 32.1. The van der Waals surface area contributed by atoms with Gasteiger partial charge in [0.15, 0.2) is 0 Å². The van der Waals surface area contributed by atoms with Crippen molar-refractivity contribution < 1.29 is 4.42 Å². The largest absolute Gasteiger partial charge is 0.456 e. The van der Waals surface area contributed by atoms with Crippen LogP contribution in [0.1, 0.15) is 0 Å². The lowest BCUT2D eigenvalue weighted by atomic mass is 9.96. The Kier molecular flexibility index (Phi) is 7.39. The average Bonchev–Trinajstić information content (AvgIpc) is 3.82. The predicted molar refractivity (Wildman–Crippen MR) is 235 cm³/mol. The third-order valence-electron chi connectivity index (χ3n) is 10.9. The highest BCUT2D eigenvalue weighted by Gasteiger charge is 2.20. The molecule has 2 aromatic heterocycles. The maximum atomic E-state index is 6.40. The number of para-hydroxylation sites is 2. The molecule has 2 nitrogen and oxygen atoms in total. The van der Waals surface area contributed by atoms with E-state index in [9.17, 15) is 0 Å². The number of furan rings is 1. The minimum atomic E-state index is 0.885. The number of anilines is 3. The third-order valence-corrected chi connectivity index (χ3v) is 12.0. The van der Waals surface area contributed by atoms with Gasteiger partial charge in [-0.15, -0.1) is 11.3 Å². The Morgan fingerprint density at radius 2 is 0.945 bits per heavy atom. The van der Waals surface area contributed by atoms with Crippen LogP contribution in [-0.4, -0.2) is 0 Å². The number of nitrogens with zero attached hydrogens (tertiary/aromatic N) is 1. The topological polar surface area (TPSA) is 16.4 Å². The minimum absolute atomic E-state index is 0.885. The van der Waals surface area contributed by atoms with Crippen molar-refractivity contribution in [2.45, 2.75) is 0 Å². The molecule has 0 atom stereocenters. The first-order valence-electron chi connectivity index (χ1n) is 18.7. The van der Waals surface area contributed by atoms with Crippen molar-refractivity contribution in [2.24, 2.45) is 0 Å². The standard InChI is InChI=1S/C52H33NOS/c1-2-19-40-34(13-1)14-11-23-41(40)35-15-9-17-38(31-35)53(39-18-10-16-36(32-39)43-24-12-28-51-52(43)46-22-5-8-27-50(46)55-51)47-25-6-3-20-42(47)37-29-30-45-44-21-4-7-26-48(44)54-49(45)33-37/h1-33H. The van der Waals surface area contributed by atoms with E-state index in [1.165, 1.54) is 53.2 Å². The summed E-state index contributed by atoms with van der Waals surface area (Å²) in [6.45, 7) is 0. The van der Waals surface area contributed by atoms with Gasteiger partial charge in [0, 0.05) is 47.9 Å². The molecule has 258 valence electrons. The molecule has 55 heavy (non-hydrogen) atoms. The maximum absolute atomic E-state index is 6.40. The lowest BCUT2D eigenvalue weighted by Crippen LogP contribution is -2.11. The van der Waals surface area contributed by atoms with Crippen LogP contribution in [0.3, 0.4) is 0 Å². The van der Waals surface area contributed by atoms with Crippen LogP contribution in [0.5, 0.6) is 0 Å². The third kappa shape index (κ3) is 5.32. The maximum Gasteiger partial charge on any atom is 0.136 e. The van der Waals surface area contributed by atoms with Gasteiger partial charge in [-0.05, 0) is 99.3 Å². The van der Waals surface area contributed by atoms with Crippen molar-refractivity contribution >= 4 is 81.3 Å². The molecule has 3 heteroatoms. The molecule has 0 amide bonds. The van der Waals surface area contributed by atoms with Gasteiger partial charge in [0.25, 0.3) is 0 Å². The first-order valence-corrected chi connectivity index (χ1v) is 19.5. The average molecular weight is 720 g/mol. The summed E-state index contributed by atoms with van der Waals surface area (Å²) in [6.07, 6.45) is 0. The van der Waals surface area contributed by atoms with E-state index in [0.29, 0.717) is 0 Å². The smallest absolute Gasteiger partial charge is 0.136 e. The van der Waals surface area contributed by atoms with Gasteiger partial charge >= 0.3 is 0 Å². The molecule has 0 N–H and O–H groups in total. The summed E-state index contributed by atoms with van der Waals surface area (Å²) < 4.78 is 9.00. The van der Waals surface area contributed by atoms with Gasteiger partial charge < -0.3 is 9.32 Å². The summed E-state index contributed by atoms with van der Waals surface area (Å²) in [6, 6.07) is 72.3. The number of benzene rings is 9. The van der Waals surface area contributed by atoms with E-state index in [2.05, 4.69) is 193 Å². The summed E-state index contributed by atoms with van der Waals surface area (Å²) >= 11 is 1.86. The van der Waals surface area contributed by atoms with Crippen LogP contribution in [0.15, 0.2) is 205 Å². The molecular formula is C52H33NOS. The number of hydrogen-bond donors (Lipinski definition) is 0. The zero-order valence-corrected chi connectivity index (χ0v) is 30.6. The van der Waals surface area contributed by atoms with Crippen molar-refractivity contribution in [3.8, 4) is 33.4 Å². The molecule has 0 aliphatic rings. The Morgan fingerprint density at radius 3 is 1.82 bits per heavy atom. The molecular weight excluding hydrogens is 687 g/mol. The van der Waals surface area contributed by atoms with Gasteiger partial charge in [0.2, 0.25) is 0 Å². The zero-order chi connectivity index (χ0) is 36.3.